The first-order valence-corrected chi connectivity index (χ1v) is 4.51. The summed E-state index contributed by atoms with van der Waals surface area (Å²) in [5, 5.41) is 0. The van der Waals surface area contributed by atoms with Gasteiger partial charge < -0.3 is 4.90 Å². The molecule has 1 rings (SSSR count). The van der Waals surface area contributed by atoms with Gasteiger partial charge >= 0.3 is 0 Å². The molecule has 0 radical (unpaired) electrons. The zero-order valence-corrected chi connectivity index (χ0v) is 8.20. The molecule has 0 aromatic heterocycles. The van der Waals surface area contributed by atoms with Crippen LogP contribution in [0.1, 0.15) is 5.56 Å². The fourth-order valence-corrected chi connectivity index (χ4v) is 1.33. The van der Waals surface area contributed by atoms with Gasteiger partial charge in [0.25, 0.3) is 0 Å². The summed E-state index contributed by atoms with van der Waals surface area (Å²) in [5.41, 5.74) is 1.07. The van der Waals surface area contributed by atoms with Crippen molar-refractivity contribution in [2.24, 2.45) is 0 Å². The molecule has 0 aliphatic carbocycles. The van der Waals surface area contributed by atoms with E-state index in [2.05, 4.69) is 0 Å². The van der Waals surface area contributed by atoms with Crippen LogP contribution in [0.5, 0.6) is 0 Å². The van der Waals surface area contributed by atoms with E-state index in [-0.39, 0.29) is 0 Å². The highest BCUT2D eigenvalue weighted by molar-refractivity contribution is 5.15. The van der Waals surface area contributed by atoms with Crippen molar-refractivity contribution in [1.29, 1.82) is 0 Å². The Balaban J connectivity index is 2.41. The van der Waals surface area contributed by atoms with Gasteiger partial charge in [0.15, 0.2) is 0 Å². The Labute approximate surface area is 79.2 Å². The summed E-state index contributed by atoms with van der Waals surface area (Å²) in [4.78, 5) is 1.87. The third-order valence-electron chi connectivity index (χ3n) is 1.86. The molecular formula is C11H16FN. The normalized spacial score (nSPS) is 13.2. The van der Waals surface area contributed by atoms with E-state index in [4.69, 9.17) is 0 Å². The van der Waals surface area contributed by atoms with E-state index in [0.717, 1.165) is 5.56 Å². The molecular weight excluding hydrogens is 165 g/mol. The Morgan fingerprint density at radius 1 is 1.23 bits per heavy atom. The molecule has 0 aliphatic rings. The maximum Gasteiger partial charge on any atom is 0.117 e. The molecule has 0 saturated heterocycles. The summed E-state index contributed by atoms with van der Waals surface area (Å²) in [6.45, 7) is 0.495. The van der Waals surface area contributed by atoms with Crippen molar-refractivity contribution in [3.63, 3.8) is 0 Å². The average molecular weight is 181 g/mol. The van der Waals surface area contributed by atoms with E-state index in [1.54, 1.807) is 0 Å². The van der Waals surface area contributed by atoms with Crippen molar-refractivity contribution in [1.82, 2.24) is 4.90 Å². The summed E-state index contributed by atoms with van der Waals surface area (Å²) < 4.78 is 13.3. The first-order valence-electron chi connectivity index (χ1n) is 4.51. The molecule has 0 spiro atoms. The highest BCUT2D eigenvalue weighted by Gasteiger charge is 2.07. The average Bonchev–Trinajstić information content (AvgIpc) is 2.04. The zero-order chi connectivity index (χ0) is 9.68. The minimum absolute atomic E-state index is 0.495. The van der Waals surface area contributed by atoms with Gasteiger partial charge in [-0.1, -0.05) is 30.3 Å². The SMILES string of the molecule is CN(C)CC(F)Cc1ccccc1. The van der Waals surface area contributed by atoms with Gasteiger partial charge in [-0.05, 0) is 19.7 Å². The van der Waals surface area contributed by atoms with Crippen molar-refractivity contribution in [2.45, 2.75) is 12.6 Å². The van der Waals surface area contributed by atoms with Gasteiger partial charge in [0, 0.05) is 13.0 Å². The van der Waals surface area contributed by atoms with E-state index in [1.807, 2.05) is 49.3 Å². The Morgan fingerprint density at radius 2 is 1.85 bits per heavy atom. The second-order valence-corrected chi connectivity index (χ2v) is 3.55. The highest BCUT2D eigenvalue weighted by atomic mass is 19.1. The van der Waals surface area contributed by atoms with Crippen molar-refractivity contribution < 1.29 is 4.39 Å². The smallest absolute Gasteiger partial charge is 0.117 e. The van der Waals surface area contributed by atoms with Gasteiger partial charge in [0.2, 0.25) is 0 Å². The summed E-state index contributed by atoms with van der Waals surface area (Å²) in [6, 6.07) is 9.75. The summed E-state index contributed by atoms with van der Waals surface area (Å²) in [5.74, 6) is 0. The van der Waals surface area contributed by atoms with Crippen molar-refractivity contribution in [3.8, 4) is 0 Å². The molecule has 2 heteroatoms. The molecule has 1 aromatic rings. The third-order valence-corrected chi connectivity index (χ3v) is 1.86. The summed E-state index contributed by atoms with van der Waals surface area (Å²) in [6.07, 6.45) is -0.253. The number of hydrogen-bond acceptors (Lipinski definition) is 1. The van der Waals surface area contributed by atoms with Crippen LogP contribution in [0.15, 0.2) is 30.3 Å². The van der Waals surface area contributed by atoms with Crippen LogP contribution < -0.4 is 0 Å². The third kappa shape index (κ3) is 4.04. The first-order chi connectivity index (χ1) is 6.18. The molecule has 1 aromatic carbocycles. The Morgan fingerprint density at radius 3 is 2.38 bits per heavy atom. The van der Waals surface area contributed by atoms with E-state index >= 15 is 0 Å². The minimum atomic E-state index is -0.766. The molecule has 0 amide bonds. The predicted octanol–water partition coefficient (Wildman–Crippen LogP) is 2.13. The molecule has 0 heterocycles. The summed E-state index contributed by atoms with van der Waals surface area (Å²) >= 11 is 0. The molecule has 0 saturated carbocycles. The molecule has 0 N–H and O–H groups in total. The molecule has 1 atom stereocenters. The summed E-state index contributed by atoms with van der Waals surface area (Å²) in [7, 11) is 3.77. The number of rotatable bonds is 4. The molecule has 0 aliphatic heterocycles. The van der Waals surface area contributed by atoms with Crippen LogP contribution in [0.3, 0.4) is 0 Å². The van der Waals surface area contributed by atoms with E-state index in [1.165, 1.54) is 0 Å². The van der Waals surface area contributed by atoms with Gasteiger partial charge in [0.05, 0.1) is 0 Å². The van der Waals surface area contributed by atoms with Crippen LogP contribution in [-0.4, -0.2) is 31.7 Å². The van der Waals surface area contributed by atoms with Gasteiger partial charge in [-0.25, -0.2) is 4.39 Å². The number of halogens is 1. The highest BCUT2D eigenvalue weighted by Crippen LogP contribution is 2.06. The maximum atomic E-state index is 13.3. The molecule has 1 nitrogen and oxygen atoms in total. The van der Waals surface area contributed by atoms with Gasteiger partial charge in [-0.2, -0.15) is 0 Å². The number of benzene rings is 1. The van der Waals surface area contributed by atoms with Crippen molar-refractivity contribution in [3.05, 3.63) is 35.9 Å². The standard InChI is InChI=1S/C11H16FN/c1-13(2)9-11(12)8-10-6-4-3-5-7-10/h3-7,11H,8-9H2,1-2H3. The Hall–Kier alpha value is -0.890. The van der Waals surface area contributed by atoms with Gasteiger partial charge in [-0.3, -0.25) is 0 Å². The minimum Gasteiger partial charge on any atom is -0.307 e. The Bertz CT molecular complexity index is 233. The van der Waals surface area contributed by atoms with Crippen LogP contribution >= 0.6 is 0 Å². The molecule has 1 unspecified atom stereocenters. The number of hydrogen-bond donors (Lipinski definition) is 0. The fourth-order valence-electron chi connectivity index (χ4n) is 1.33. The van der Waals surface area contributed by atoms with Crippen molar-refractivity contribution in [2.75, 3.05) is 20.6 Å². The van der Waals surface area contributed by atoms with Crippen LogP contribution in [0.2, 0.25) is 0 Å². The topological polar surface area (TPSA) is 3.24 Å². The molecule has 0 bridgehead atoms. The molecule has 0 fully saturated rings. The monoisotopic (exact) mass is 181 g/mol. The van der Waals surface area contributed by atoms with E-state index < -0.39 is 6.17 Å². The molecule has 72 valence electrons. The van der Waals surface area contributed by atoms with Crippen LogP contribution in [0.4, 0.5) is 4.39 Å². The zero-order valence-electron chi connectivity index (χ0n) is 8.20. The quantitative estimate of drug-likeness (QED) is 0.687. The van der Waals surface area contributed by atoms with Crippen molar-refractivity contribution >= 4 is 0 Å². The lowest BCUT2D eigenvalue weighted by Gasteiger charge is -2.13. The number of nitrogens with zero attached hydrogens (tertiary/aromatic N) is 1. The predicted molar refractivity (Wildman–Crippen MR) is 53.6 cm³/mol. The lowest BCUT2D eigenvalue weighted by Crippen LogP contribution is -2.24. The first kappa shape index (κ1) is 10.2. The van der Waals surface area contributed by atoms with Gasteiger partial charge in [-0.15, -0.1) is 0 Å². The van der Waals surface area contributed by atoms with E-state index in [9.17, 15) is 4.39 Å². The second-order valence-electron chi connectivity index (χ2n) is 3.55. The van der Waals surface area contributed by atoms with E-state index in [0.29, 0.717) is 13.0 Å². The van der Waals surface area contributed by atoms with Crippen LogP contribution in [0, 0.1) is 0 Å². The second kappa shape index (κ2) is 4.97. The lowest BCUT2D eigenvalue weighted by atomic mass is 10.1. The van der Waals surface area contributed by atoms with Crippen LogP contribution in [0.25, 0.3) is 0 Å². The van der Waals surface area contributed by atoms with Gasteiger partial charge in [0.1, 0.15) is 6.17 Å². The largest absolute Gasteiger partial charge is 0.307 e. The maximum absolute atomic E-state index is 13.3. The Kier molecular flexibility index (Phi) is 3.90. The van der Waals surface area contributed by atoms with Crippen LogP contribution in [-0.2, 0) is 6.42 Å². The fraction of sp³-hybridized carbons (Fsp3) is 0.455. The molecule has 13 heavy (non-hydrogen) atoms. The lowest BCUT2D eigenvalue weighted by molar-refractivity contribution is 0.246. The number of alkyl halides is 1.